The first-order valence-electron chi connectivity index (χ1n) is 18.5. The number of ether oxygens (including phenoxy) is 2. The topological polar surface area (TPSA) is 113 Å². The van der Waals surface area contributed by atoms with Crippen LogP contribution in [0.4, 0.5) is 0 Å². The van der Waals surface area contributed by atoms with Gasteiger partial charge in [0.25, 0.3) is 0 Å². The Hall–Kier alpha value is -1.96. The molecule has 0 saturated heterocycles. The normalized spacial score (nSPS) is 46.6. The summed E-state index contributed by atoms with van der Waals surface area (Å²) in [6, 6.07) is 0. The highest BCUT2D eigenvalue weighted by Crippen LogP contribution is 2.76. The van der Waals surface area contributed by atoms with Crippen molar-refractivity contribution in [2.75, 3.05) is 6.61 Å². The molecule has 0 spiro atoms. The van der Waals surface area contributed by atoms with Crippen molar-refractivity contribution >= 4 is 11.9 Å². The van der Waals surface area contributed by atoms with Crippen LogP contribution in [0, 0.1) is 56.2 Å². The zero-order chi connectivity index (χ0) is 36.0. The molecule has 4 fully saturated rings. The Morgan fingerprint density at radius 1 is 0.854 bits per heavy atom. The minimum absolute atomic E-state index is 0.0854. The first kappa shape index (κ1) is 37.3. The highest BCUT2D eigenvalue weighted by Gasteiger charge is 2.76. The average Bonchev–Trinajstić information content (AvgIpc) is 3.03. The van der Waals surface area contributed by atoms with Gasteiger partial charge < -0.3 is 24.8 Å². The van der Waals surface area contributed by atoms with Crippen LogP contribution in [0.25, 0.3) is 0 Å². The number of allylic oxidation sites excluding steroid dienone is 3. The van der Waals surface area contributed by atoms with Gasteiger partial charge in [0, 0.05) is 22.0 Å². The largest absolute Gasteiger partial charge is 0.454 e. The molecule has 3 N–H and O–H groups in total. The van der Waals surface area contributed by atoms with E-state index < -0.39 is 65.1 Å². The van der Waals surface area contributed by atoms with Crippen LogP contribution >= 0.6 is 0 Å². The van der Waals surface area contributed by atoms with Gasteiger partial charge in [-0.2, -0.15) is 0 Å². The maximum atomic E-state index is 13.5. The summed E-state index contributed by atoms with van der Waals surface area (Å²) >= 11 is 0. The number of carbonyl (C=O) groups is 2. The van der Waals surface area contributed by atoms with E-state index in [1.807, 2.05) is 13.8 Å². The van der Waals surface area contributed by atoms with Crippen LogP contribution in [-0.4, -0.2) is 58.3 Å². The summed E-state index contributed by atoms with van der Waals surface area (Å²) in [5.41, 5.74) is -1.16. The Morgan fingerprint density at radius 3 is 1.96 bits per heavy atom. The molecule has 0 amide bonds. The number of esters is 2. The van der Waals surface area contributed by atoms with E-state index >= 15 is 0 Å². The molecule has 0 heterocycles. The van der Waals surface area contributed by atoms with Gasteiger partial charge in [-0.1, -0.05) is 79.2 Å². The molecule has 270 valence electrons. The number of aliphatic hydroxyl groups excluding tert-OH is 3. The molecule has 0 aromatic carbocycles. The van der Waals surface area contributed by atoms with Crippen molar-refractivity contribution in [3.63, 3.8) is 0 Å². The number of hydrogen-bond acceptors (Lipinski definition) is 7. The van der Waals surface area contributed by atoms with Crippen molar-refractivity contribution < 1.29 is 34.4 Å². The number of rotatable bonds is 5. The van der Waals surface area contributed by atoms with Crippen LogP contribution in [0.5, 0.6) is 0 Å². The monoisotopic (exact) mass is 668 g/mol. The van der Waals surface area contributed by atoms with Crippen LogP contribution < -0.4 is 0 Å². The van der Waals surface area contributed by atoms with Crippen LogP contribution in [0.15, 0.2) is 34.9 Å². The van der Waals surface area contributed by atoms with Crippen LogP contribution in [0.3, 0.4) is 0 Å². The van der Waals surface area contributed by atoms with Gasteiger partial charge in [-0.3, -0.25) is 0 Å². The zero-order valence-electron chi connectivity index (χ0n) is 31.8. The third-order valence-electron chi connectivity index (χ3n) is 16.0. The van der Waals surface area contributed by atoms with Gasteiger partial charge in [0.15, 0.2) is 6.10 Å². The third-order valence-corrected chi connectivity index (χ3v) is 16.0. The Morgan fingerprint density at radius 2 is 1.42 bits per heavy atom. The Labute approximate surface area is 289 Å². The zero-order valence-corrected chi connectivity index (χ0v) is 31.8. The van der Waals surface area contributed by atoms with Crippen molar-refractivity contribution in [1.82, 2.24) is 0 Å². The number of aliphatic hydroxyl groups is 3. The maximum absolute atomic E-state index is 13.5. The number of hydrogen-bond donors (Lipinski definition) is 3. The van der Waals surface area contributed by atoms with Gasteiger partial charge in [-0.05, 0) is 106 Å². The maximum Gasteiger partial charge on any atom is 0.333 e. The van der Waals surface area contributed by atoms with E-state index in [-0.39, 0.29) is 16.2 Å². The number of carbonyl (C=O) groups excluding carboxylic acids is 2. The number of fused-ring (bicyclic) bond motifs is 7. The average molecular weight is 669 g/mol. The van der Waals surface area contributed by atoms with Gasteiger partial charge in [-0.15, -0.1) is 0 Å². The van der Waals surface area contributed by atoms with E-state index in [2.05, 4.69) is 47.6 Å². The molecule has 4 saturated carbocycles. The fourth-order valence-corrected chi connectivity index (χ4v) is 12.1. The molecule has 5 rings (SSSR count). The van der Waals surface area contributed by atoms with Crippen molar-refractivity contribution in [2.45, 2.75) is 146 Å². The molecular weight excluding hydrogens is 604 g/mol. The van der Waals surface area contributed by atoms with E-state index in [0.717, 1.165) is 31.3 Å². The second-order valence-electron chi connectivity index (χ2n) is 18.4. The fourth-order valence-electron chi connectivity index (χ4n) is 12.1. The van der Waals surface area contributed by atoms with Crippen LogP contribution in [0.2, 0.25) is 0 Å². The fraction of sp³-hybridized carbons (Fsp3) is 0.805. The molecule has 7 nitrogen and oxygen atoms in total. The molecule has 5 aliphatic rings. The molecule has 0 aliphatic heterocycles. The van der Waals surface area contributed by atoms with Crippen LogP contribution in [0.1, 0.15) is 122 Å². The highest BCUT2D eigenvalue weighted by atomic mass is 16.6. The van der Waals surface area contributed by atoms with Crippen molar-refractivity contribution in [2.24, 2.45) is 56.2 Å². The minimum atomic E-state index is -1.49. The molecule has 0 radical (unpaired) electrons. The van der Waals surface area contributed by atoms with Gasteiger partial charge >= 0.3 is 11.9 Å². The van der Waals surface area contributed by atoms with E-state index in [1.54, 1.807) is 39.8 Å². The Kier molecular flexibility index (Phi) is 9.39. The van der Waals surface area contributed by atoms with Gasteiger partial charge in [0.1, 0.15) is 6.10 Å². The smallest absolute Gasteiger partial charge is 0.333 e. The lowest BCUT2D eigenvalue weighted by atomic mass is 9.32. The quantitative estimate of drug-likeness (QED) is 0.160. The predicted octanol–water partition coefficient (Wildman–Crippen LogP) is 7.33. The Balaban J connectivity index is 1.69. The lowest BCUT2D eigenvalue weighted by Crippen LogP contribution is -2.76. The standard InChI is InChI=1S/C41H64O7/c1-13-23(3)34(45)47-32-33(48-35(46)24(4)14-2)41(22-42)27(21-36(32,6)7)26-15-16-29-38(10)19-17-25(5)37(8,9)28(38)18-20-39(29,11)40(26,12)30(43)31(41)44/h13-15,25,27-33,42-44H,16-22H2,1-12H3/b23-13-,24-14-/t25-,27?,28?,29?,30-,31+,32-,33-,38-,39+,40-,41?/m0/s1. The first-order chi connectivity index (χ1) is 22.2. The van der Waals surface area contributed by atoms with Crippen molar-refractivity contribution in [3.8, 4) is 0 Å². The lowest BCUT2D eigenvalue weighted by molar-refractivity contribution is -0.291. The summed E-state index contributed by atoms with van der Waals surface area (Å²) in [5, 5.41) is 36.8. The molecular formula is C41H64O7. The molecule has 4 unspecified atom stereocenters. The highest BCUT2D eigenvalue weighted by molar-refractivity contribution is 5.88. The summed E-state index contributed by atoms with van der Waals surface area (Å²) in [7, 11) is 0. The van der Waals surface area contributed by atoms with E-state index in [1.165, 1.54) is 6.42 Å². The van der Waals surface area contributed by atoms with E-state index in [0.29, 0.717) is 35.3 Å². The summed E-state index contributed by atoms with van der Waals surface area (Å²) in [6.07, 6.45) is 6.48. The van der Waals surface area contributed by atoms with E-state index in [9.17, 15) is 24.9 Å². The Bertz CT molecular complexity index is 1400. The second kappa shape index (κ2) is 12.1. The summed E-state index contributed by atoms with van der Waals surface area (Å²) in [6.45, 7) is 24.6. The van der Waals surface area contributed by atoms with Gasteiger partial charge in [-0.25, -0.2) is 9.59 Å². The molecule has 7 heteroatoms. The predicted molar refractivity (Wildman–Crippen MR) is 187 cm³/mol. The van der Waals surface area contributed by atoms with E-state index in [4.69, 9.17) is 9.47 Å². The van der Waals surface area contributed by atoms with Gasteiger partial charge in [0.2, 0.25) is 0 Å². The molecule has 48 heavy (non-hydrogen) atoms. The molecule has 0 aromatic rings. The third kappa shape index (κ3) is 4.82. The summed E-state index contributed by atoms with van der Waals surface area (Å²) < 4.78 is 12.5. The van der Waals surface area contributed by atoms with Crippen LogP contribution in [-0.2, 0) is 19.1 Å². The molecule has 5 aliphatic carbocycles. The lowest BCUT2D eigenvalue weighted by Gasteiger charge is -2.73. The summed E-state index contributed by atoms with van der Waals surface area (Å²) in [5.74, 6) is -0.0390. The summed E-state index contributed by atoms with van der Waals surface area (Å²) in [4.78, 5) is 26.9. The SMILES string of the molecule is C/C=C(/C)C(=O)O[C@H]1[C@H](OC(=O)/C(C)=C\C)C2(CO)C(CC1(C)C)C1=CCC3[C@@]4(C)CC[C@H](C)C(C)(C)C4CC[C@@]3(C)[C@]1(C)[C@@H](O)[C@H]2O. The second-order valence-corrected chi connectivity index (χ2v) is 18.4. The molecule has 0 aromatic heterocycles. The van der Waals surface area contributed by atoms with Crippen molar-refractivity contribution in [3.05, 3.63) is 34.9 Å². The van der Waals surface area contributed by atoms with Gasteiger partial charge in [0.05, 0.1) is 24.2 Å². The van der Waals surface area contributed by atoms with Crippen molar-refractivity contribution in [1.29, 1.82) is 0 Å². The minimum Gasteiger partial charge on any atom is -0.454 e. The first-order valence-corrected chi connectivity index (χ1v) is 18.5. The molecule has 0 bridgehead atoms. The molecule has 12 atom stereocenters.